The van der Waals surface area contributed by atoms with Crippen molar-refractivity contribution in [2.75, 3.05) is 4.90 Å². The maximum absolute atomic E-state index is 12.8. The number of anilines is 1. The van der Waals surface area contributed by atoms with Crippen LogP contribution in [0.25, 0.3) is 0 Å². The summed E-state index contributed by atoms with van der Waals surface area (Å²) in [6, 6.07) is 17.7. The van der Waals surface area contributed by atoms with Crippen LogP contribution in [0.4, 0.5) is 5.69 Å². The van der Waals surface area contributed by atoms with E-state index in [0.717, 1.165) is 30.0 Å². The Morgan fingerprint density at radius 3 is 2.28 bits per heavy atom. The van der Waals surface area contributed by atoms with Crippen molar-refractivity contribution in [1.82, 2.24) is 0 Å². The van der Waals surface area contributed by atoms with Gasteiger partial charge in [0, 0.05) is 5.69 Å². The Balaban J connectivity index is 1.58. The zero-order valence-electron chi connectivity index (χ0n) is 14.5. The van der Waals surface area contributed by atoms with Crippen molar-refractivity contribution in [2.24, 2.45) is 0 Å². The summed E-state index contributed by atoms with van der Waals surface area (Å²) in [5.74, 6) is 1.85. The van der Waals surface area contributed by atoms with E-state index >= 15 is 0 Å². The number of benzene rings is 2. The molecule has 0 N–H and O–H groups in total. The predicted molar refractivity (Wildman–Crippen MR) is 103 cm³/mol. The van der Waals surface area contributed by atoms with Crippen molar-refractivity contribution in [3.63, 3.8) is 0 Å². The van der Waals surface area contributed by atoms with Crippen LogP contribution < -0.4 is 9.64 Å². The molecule has 2 aromatic carbocycles. The number of hydrogen-bond acceptors (Lipinski definition) is 3. The Labute approximate surface area is 153 Å². The smallest absolute Gasteiger partial charge is 0.241 e. The third kappa shape index (κ3) is 3.15. The van der Waals surface area contributed by atoms with Crippen LogP contribution in [0.1, 0.15) is 39.0 Å². The van der Waals surface area contributed by atoms with E-state index in [1.54, 1.807) is 0 Å². The van der Waals surface area contributed by atoms with Crippen LogP contribution in [0, 0.1) is 0 Å². The first-order valence-corrected chi connectivity index (χ1v) is 9.91. The van der Waals surface area contributed by atoms with Crippen LogP contribution in [0.3, 0.4) is 0 Å². The van der Waals surface area contributed by atoms with Crippen LogP contribution in [-0.4, -0.2) is 16.0 Å². The van der Waals surface area contributed by atoms with Gasteiger partial charge in [-0.15, -0.1) is 11.8 Å². The molecule has 4 heteroatoms. The summed E-state index contributed by atoms with van der Waals surface area (Å²) < 4.78 is 5.87. The number of hydrogen-bond donors (Lipinski definition) is 0. The number of ether oxygens (including phenoxy) is 1. The van der Waals surface area contributed by atoms with E-state index in [1.807, 2.05) is 73.3 Å². The van der Waals surface area contributed by atoms with Gasteiger partial charge in [0.15, 0.2) is 0 Å². The molecule has 0 radical (unpaired) electrons. The van der Waals surface area contributed by atoms with Gasteiger partial charge in [-0.2, -0.15) is 0 Å². The first-order chi connectivity index (χ1) is 12.2. The molecule has 2 fully saturated rings. The van der Waals surface area contributed by atoms with E-state index in [-0.39, 0.29) is 16.0 Å². The summed E-state index contributed by atoms with van der Waals surface area (Å²) in [4.78, 5) is 14.8. The largest absolute Gasteiger partial charge is 0.457 e. The van der Waals surface area contributed by atoms with Crippen molar-refractivity contribution in [3.05, 3.63) is 54.6 Å². The van der Waals surface area contributed by atoms with Crippen molar-refractivity contribution < 1.29 is 9.53 Å². The van der Waals surface area contributed by atoms with E-state index in [0.29, 0.717) is 0 Å². The summed E-state index contributed by atoms with van der Waals surface area (Å²) >= 11 is 1.85. The third-order valence-electron chi connectivity index (χ3n) is 5.08. The van der Waals surface area contributed by atoms with Gasteiger partial charge >= 0.3 is 0 Å². The molecule has 2 aliphatic rings. The second-order valence-electron chi connectivity index (χ2n) is 6.85. The highest BCUT2D eigenvalue weighted by Crippen LogP contribution is 2.51. The lowest BCUT2D eigenvalue weighted by molar-refractivity contribution is -0.117. The molecule has 1 aliphatic heterocycles. The van der Waals surface area contributed by atoms with Crippen LogP contribution >= 0.6 is 11.8 Å². The molecule has 130 valence electrons. The van der Waals surface area contributed by atoms with Crippen molar-refractivity contribution >= 4 is 23.4 Å². The van der Waals surface area contributed by atoms with Gasteiger partial charge in [-0.05, 0) is 56.2 Å². The fraction of sp³-hybridized carbons (Fsp3) is 0.381. The number of carbonyl (C=O) groups excluding carboxylic acids is 1. The maximum atomic E-state index is 12.8. The standard InChI is InChI=1S/C21H23NO2S/c1-16-20(23)22(21(25-16)14-6-3-7-15-21)17-10-12-19(13-11-17)24-18-8-4-2-5-9-18/h2,4-5,8-13,16H,3,6-7,14-15H2,1H3. The molecule has 4 rings (SSSR count). The van der Waals surface area contributed by atoms with Gasteiger partial charge in [-0.25, -0.2) is 0 Å². The molecule has 1 spiro atoms. The lowest BCUT2D eigenvalue weighted by atomic mass is 9.93. The zero-order chi connectivity index (χ0) is 17.3. The average molecular weight is 353 g/mol. The zero-order valence-corrected chi connectivity index (χ0v) is 15.3. The van der Waals surface area contributed by atoms with E-state index in [4.69, 9.17) is 4.74 Å². The molecule has 1 atom stereocenters. The van der Waals surface area contributed by atoms with Gasteiger partial charge in [0.25, 0.3) is 0 Å². The van der Waals surface area contributed by atoms with Crippen LogP contribution in [0.2, 0.25) is 0 Å². The molecule has 3 nitrogen and oxygen atoms in total. The quantitative estimate of drug-likeness (QED) is 0.718. The Bertz CT molecular complexity index is 738. The molecular formula is C21H23NO2S. The normalized spacial score (nSPS) is 22.4. The fourth-order valence-corrected chi connectivity index (χ4v) is 5.60. The van der Waals surface area contributed by atoms with Gasteiger partial charge < -0.3 is 4.74 Å². The predicted octanol–water partition coefficient (Wildman–Crippen LogP) is 5.61. The first-order valence-electron chi connectivity index (χ1n) is 9.03. The highest BCUT2D eigenvalue weighted by molar-refractivity contribution is 8.02. The lowest BCUT2D eigenvalue weighted by Crippen LogP contribution is -2.46. The average Bonchev–Trinajstić information content (AvgIpc) is 2.87. The van der Waals surface area contributed by atoms with Crippen molar-refractivity contribution in [2.45, 2.75) is 49.1 Å². The number of rotatable bonds is 3. The van der Waals surface area contributed by atoms with Crippen molar-refractivity contribution in [3.8, 4) is 11.5 Å². The first kappa shape index (κ1) is 16.5. The molecule has 1 amide bonds. The van der Waals surface area contributed by atoms with Gasteiger partial charge in [0.1, 0.15) is 11.5 Å². The molecular weight excluding hydrogens is 330 g/mol. The molecule has 2 aromatic rings. The van der Waals surface area contributed by atoms with E-state index in [9.17, 15) is 4.79 Å². The molecule has 25 heavy (non-hydrogen) atoms. The minimum atomic E-state index is -0.0451. The van der Waals surface area contributed by atoms with Crippen LogP contribution in [-0.2, 0) is 4.79 Å². The molecule has 1 unspecified atom stereocenters. The molecule has 1 saturated carbocycles. The van der Waals surface area contributed by atoms with Gasteiger partial charge in [-0.1, -0.05) is 37.5 Å². The number of carbonyl (C=O) groups is 1. The number of thioether (sulfide) groups is 1. The minimum absolute atomic E-state index is 0.0401. The molecule has 1 heterocycles. The lowest BCUT2D eigenvalue weighted by Gasteiger charge is -2.40. The Kier molecular flexibility index (Phi) is 4.46. The minimum Gasteiger partial charge on any atom is -0.457 e. The molecule has 0 bridgehead atoms. The highest BCUT2D eigenvalue weighted by atomic mass is 32.2. The highest BCUT2D eigenvalue weighted by Gasteiger charge is 2.50. The Morgan fingerprint density at radius 1 is 0.960 bits per heavy atom. The van der Waals surface area contributed by atoms with E-state index in [2.05, 4.69) is 4.90 Å². The third-order valence-corrected chi connectivity index (χ3v) is 6.67. The Morgan fingerprint density at radius 2 is 1.60 bits per heavy atom. The topological polar surface area (TPSA) is 29.5 Å². The van der Waals surface area contributed by atoms with Crippen LogP contribution in [0.15, 0.2) is 54.6 Å². The summed E-state index contributed by atoms with van der Waals surface area (Å²) in [6.45, 7) is 2.04. The van der Waals surface area contributed by atoms with E-state index < -0.39 is 0 Å². The van der Waals surface area contributed by atoms with Gasteiger partial charge in [0.2, 0.25) is 5.91 Å². The summed E-state index contributed by atoms with van der Waals surface area (Å²) in [5, 5.41) is 0.0401. The number of amides is 1. The van der Waals surface area contributed by atoms with Crippen LogP contribution in [0.5, 0.6) is 11.5 Å². The monoisotopic (exact) mass is 353 g/mol. The molecule has 1 saturated heterocycles. The maximum Gasteiger partial charge on any atom is 0.241 e. The SMILES string of the molecule is CC1SC2(CCCCC2)N(c2ccc(Oc3ccccc3)cc2)C1=O. The molecule has 0 aromatic heterocycles. The summed E-state index contributed by atoms with van der Waals surface area (Å²) in [6.07, 6.45) is 5.88. The number of para-hydroxylation sites is 1. The van der Waals surface area contributed by atoms with Gasteiger partial charge in [-0.3, -0.25) is 9.69 Å². The van der Waals surface area contributed by atoms with E-state index in [1.165, 1.54) is 19.3 Å². The summed E-state index contributed by atoms with van der Waals surface area (Å²) in [7, 11) is 0. The van der Waals surface area contributed by atoms with Gasteiger partial charge in [0.05, 0.1) is 10.1 Å². The second kappa shape index (κ2) is 6.75. The number of nitrogens with zero attached hydrogens (tertiary/aromatic N) is 1. The summed E-state index contributed by atoms with van der Waals surface area (Å²) in [5.41, 5.74) is 0.990. The Hall–Kier alpha value is -1.94. The van der Waals surface area contributed by atoms with Crippen molar-refractivity contribution in [1.29, 1.82) is 0 Å². The molecule has 1 aliphatic carbocycles. The second-order valence-corrected chi connectivity index (χ2v) is 8.55. The fourth-order valence-electron chi connectivity index (χ4n) is 3.91.